The molecule has 3 heterocycles. The van der Waals surface area contributed by atoms with Crippen molar-refractivity contribution in [3.05, 3.63) is 95.7 Å². The van der Waals surface area contributed by atoms with Crippen molar-refractivity contribution in [1.82, 2.24) is 20.1 Å². The minimum absolute atomic E-state index is 0.0169. The number of carbonyl (C=O) groups excluding carboxylic acids is 2. The predicted octanol–water partition coefficient (Wildman–Crippen LogP) is 3.86. The van der Waals surface area contributed by atoms with E-state index < -0.39 is 40.7 Å². The Morgan fingerprint density at radius 2 is 1.76 bits per heavy atom. The Labute approximate surface area is 290 Å². The Kier molecular flexibility index (Phi) is 11.1. The highest BCUT2D eigenvalue weighted by atomic mass is 32.2. The summed E-state index contributed by atoms with van der Waals surface area (Å²) in [5.74, 6) is -0.457. The summed E-state index contributed by atoms with van der Waals surface area (Å²) in [6.07, 6.45) is -1.97. The van der Waals surface area contributed by atoms with Gasteiger partial charge in [0.15, 0.2) is 11.9 Å². The highest BCUT2D eigenvalue weighted by Gasteiger charge is 2.44. The first kappa shape index (κ1) is 35.5. The summed E-state index contributed by atoms with van der Waals surface area (Å²) in [6.45, 7) is 4.33. The highest BCUT2D eigenvalue weighted by Crippen LogP contribution is 2.33. The molecule has 2 saturated heterocycles. The van der Waals surface area contributed by atoms with Gasteiger partial charge in [0, 0.05) is 24.0 Å². The number of fused-ring (bicyclic) bond motifs is 2. The summed E-state index contributed by atoms with van der Waals surface area (Å²) in [5, 5.41) is 21.7. The summed E-state index contributed by atoms with van der Waals surface area (Å²) < 4.78 is 52.0. The molecule has 1 aromatic heterocycles. The van der Waals surface area contributed by atoms with E-state index in [1.807, 2.05) is 50.2 Å². The number of amides is 2. The summed E-state index contributed by atoms with van der Waals surface area (Å²) in [4.78, 5) is 25.8. The van der Waals surface area contributed by atoms with Crippen LogP contribution in [0.15, 0.2) is 88.3 Å². The fraction of sp³-hybridized carbons (Fsp3) is 0.417. The first-order chi connectivity index (χ1) is 24.1. The second-order valence-corrected chi connectivity index (χ2v) is 15.0. The molecule has 13 nitrogen and oxygen atoms in total. The van der Waals surface area contributed by atoms with Crippen LogP contribution in [0, 0.1) is 11.8 Å². The molecule has 50 heavy (non-hydrogen) atoms. The van der Waals surface area contributed by atoms with Gasteiger partial charge in [0.1, 0.15) is 11.8 Å². The van der Waals surface area contributed by atoms with E-state index in [1.54, 1.807) is 24.3 Å². The number of hydrogen-bond acceptors (Lipinski definition) is 10. The lowest BCUT2D eigenvalue weighted by Gasteiger charge is -2.31. The molecule has 0 bridgehead atoms. The van der Waals surface area contributed by atoms with Gasteiger partial charge in [-0.15, -0.1) is 0 Å². The standard InChI is InChI=1S/C36H42N4O9S/c1-23(2)20-40(50(44,45)26-13-14-32-28(18-26)30(39-49-32)19-37-34(42)25-11-7-4-8-12-25)21-31(41)29(17-24-9-5-3-6-10-24)38-36(43)48-33-22-47-35-27(33)15-16-46-35/h3-14,18,23,27,29,31,33,35,41H,15-17,19-22H2,1-2H3,(H,37,42)(H,38,43)/t27-,29-,31+,33-,35+/m0/s1. The molecule has 2 aliphatic rings. The average Bonchev–Trinajstić information content (AvgIpc) is 3.84. The number of alkyl carbamates (subject to hydrolysis) is 1. The maximum atomic E-state index is 14.2. The number of ether oxygens (including phenoxy) is 3. The lowest BCUT2D eigenvalue weighted by atomic mass is 10.0. The predicted molar refractivity (Wildman–Crippen MR) is 182 cm³/mol. The lowest BCUT2D eigenvalue weighted by Crippen LogP contribution is -2.51. The van der Waals surface area contributed by atoms with Gasteiger partial charge in [-0.1, -0.05) is 67.5 Å². The van der Waals surface area contributed by atoms with Crippen LogP contribution in [0.4, 0.5) is 4.79 Å². The Morgan fingerprint density at radius 3 is 2.50 bits per heavy atom. The molecule has 0 saturated carbocycles. The van der Waals surface area contributed by atoms with E-state index in [0.29, 0.717) is 35.3 Å². The number of hydrogen-bond donors (Lipinski definition) is 3. The number of sulfonamides is 1. The van der Waals surface area contributed by atoms with Gasteiger partial charge in [0.25, 0.3) is 5.91 Å². The SMILES string of the molecule is CC(C)CN(C[C@@H](O)[C@H](Cc1ccccc1)NC(=O)O[C@H]1CO[C@H]2OCC[C@H]21)S(=O)(=O)c1ccc2onc(CNC(=O)c3ccccc3)c2c1. The van der Waals surface area contributed by atoms with Gasteiger partial charge in [-0.05, 0) is 54.7 Å². The fourth-order valence-corrected chi connectivity index (χ4v) is 7.94. The maximum absolute atomic E-state index is 14.2. The molecule has 0 spiro atoms. The third kappa shape index (κ3) is 8.33. The summed E-state index contributed by atoms with van der Waals surface area (Å²) in [5.41, 5.74) is 2.04. The van der Waals surface area contributed by atoms with Gasteiger partial charge >= 0.3 is 6.09 Å². The largest absolute Gasteiger partial charge is 0.443 e. The quantitative estimate of drug-likeness (QED) is 0.175. The smallest absolute Gasteiger partial charge is 0.407 e. The molecule has 2 amide bonds. The van der Waals surface area contributed by atoms with Crippen LogP contribution < -0.4 is 10.6 Å². The van der Waals surface area contributed by atoms with Crippen LogP contribution in [0.1, 0.15) is 41.9 Å². The van der Waals surface area contributed by atoms with Crippen LogP contribution in [-0.2, 0) is 37.2 Å². The molecule has 6 rings (SSSR count). The first-order valence-electron chi connectivity index (χ1n) is 16.7. The van der Waals surface area contributed by atoms with Gasteiger partial charge in [-0.2, -0.15) is 4.31 Å². The van der Waals surface area contributed by atoms with E-state index in [1.165, 1.54) is 22.5 Å². The summed E-state index contributed by atoms with van der Waals surface area (Å²) in [6, 6.07) is 21.5. The van der Waals surface area contributed by atoms with E-state index >= 15 is 0 Å². The molecule has 14 heteroatoms. The monoisotopic (exact) mass is 706 g/mol. The van der Waals surface area contributed by atoms with Crippen molar-refractivity contribution in [2.45, 2.75) is 62.7 Å². The number of aliphatic hydroxyl groups is 1. The topological polar surface area (TPSA) is 170 Å². The third-order valence-corrected chi connectivity index (χ3v) is 10.7. The number of carbonyl (C=O) groups is 2. The second kappa shape index (κ2) is 15.7. The Bertz CT molecular complexity index is 1870. The van der Waals surface area contributed by atoms with Gasteiger partial charge < -0.3 is 34.5 Å². The van der Waals surface area contributed by atoms with Crippen molar-refractivity contribution in [2.75, 3.05) is 26.3 Å². The number of nitrogens with zero attached hydrogens (tertiary/aromatic N) is 2. The molecule has 2 aliphatic heterocycles. The fourth-order valence-electron chi connectivity index (χ4n) is 6.30. The molecule has 2 fully saturated rings. The van der Waals surface area contributed by atoms with E-state index in [4.69, 9.17) is 18.7 Å². The average molecular weight is 707 g/mol. The minimum Gasteiger partial charge on any atom is -0.443 e. The number of aromatic nitrogens is 1. The molecule has 266 valence electrons. The van der Waals surface area contributed by atoms with Crippen molar-refractivity contribution in [3.8, 4) is 0 Å². The van der Waals surface area contributed by atoms with Crippen molar-refractivity contribution >= 4 is 33.0 Å². The van der Waals surface area contributed by atoms with Crippen molar-refractivity contribution in [1.29, 1.82) is 0 Å². The van der Waals surface area contributed by atoms with Gasteiger partial charge in [-0.3, -0.25) is 4.79 Å². The molecule has 4 aromatic rings. The summed E-state index contributed by atoms with van der Waals surface area (Å²) in [7, 11) is -4.17. The third-order valence-electron chi connectivity index (χ3n) is 8.88. The van der Waals surface area contributed by atoms with Crippen molar-refractivity contribution < 1.29 is 41.8 Å². The zero-order chi connectivity index (χ0) is 35.3. The van der Waals surface area contributed by atoms with Crippen LogP contribution in [0.3, 0.4) is 0 Å². The van der Waals surface area contributed by atoms with Crippen LogP contribution in [-0.4, -0.2) is 85.8 Å². The zero-order valence-corrected chi connectivity index (χ0v) is 28.8. The molecule has 3 N–H and O–H groups in total. The number of aliphatic hydroxyl groups excluding tert-OH is 1. The van der Waals surface area contributed by atoms with E-state index in [9.17, 15) is 23.1 Å². The summed E-state index contributed by atoms with van der Waals surface area (Å²) >= 11 is 0. The zero-order valence-electron chi connectivity index (χ0n) is 27.9. The van der Waals surface area contributed by atoms with Gasteiger partial charge in [0.2, 0.25) is 10.0 Å². The van der Waals surface area contributed by atoms with E-state index in [-0.39, 0.29) is 55.3 Å². The second-order valence-electron chi connectivity index (χ2n) is 13.0. The van der Waals surface area contributed by atoms with Crippen molar-refractivity contribution in [3.63, 3.8) is 0 Å². The van der Waals surface area contributed by atoms with Crippen LogP contribution in [0.5, 0.6) is 0 Å². The lowest BCUT2D eigenvalue weighted by molar-refractivity contribution is -0.0907. The molecular weight excluding hydrogens is 664 g/mol. The van der Waals surface area contributed by atoms with Gasteiger partial charge in [-0.25, -0.2) is 13.2 Å². The van der Waals surface area contributed by atoms with E-state index in [2.05, 4.69) is 15.8 Å². The van der Waals surface area contributed by atoms with Crippen LogP contribution in [0.25, 0.3) is 11.0 Å². The Hall–Kier alpha value is -4.34. The molecule has 0 aliphatic carbocycles. The van der Waals surface area contributed by atoms with Crippen LogP contribution >= 0.6 is 0 Å². The minimum atomic E-state index is -4.17. The van der Waals surface area contributed by atoms with Crippen LogP contribution in [0.2, 0.25) is 0 Å². The molecule has 3 aromatic carbocycles. The molecular formula is C36H42N4O9S. The highest BCUT2D eigenvalue weighted by molar-refractivity contribution is 7.89. The van der Waals surface area contributed by atoms with Gasteiger partial charge in [0.05, 0.1) is 42.7 Å². The first-order valence-corrected chi connectivity index (χ1v) is 18.2. The number of benzene rings is 3. The Morgan fingerprint density at radius 1 is 1.02 bits per heavy atom. The molecule has 5 atom stereocenters. The van der Waals surface area contributed by atoms with E-state index in [0.717, 1.165) is 5.56 Å². The molecule has 0 radical (unpaired) electrons. The molecule has 0 unspecified atom stereocenters. The number of rotatable bonds is 14. The van der Waals surface area contributed by atoms with Crippen molar-refractivity contribution in [2.24, 2.45) is 11.8 Å². The normalized spacial score (nSPS) is 20.1. The Balaban J connectivity index is 1.20. The maximum Gasteiger partial charge on any atom is 0.407 e. The number of nitrogens with one attached hydrogen (secondary N) is 2.